The largest absolute Gasteiger partial charge is 0.308 e. The zero-order valence-corrected chi connectivity index (χ0v) is 10.1. The Balaban J connectivity index is 1.87. The van der Waals surface area contributed by atoms with Crippen molar-refractivity contribution in [3.05, 3.63) is 53.9 Å². The SMILES string of the molecule is CC(Cn1cccn1)NCc1cc(F)cc(F)c1. The van der Waals surface area contributed by atoms with Gasteiger partial charge in [-0.15, -0.1) is 0 Å². The van der Waals surface area contributed by atoms with Crippen LogP contribution >= 0.6 is 0 Å². The second kappa shape index (κ2) is 5.73. The molecule has 1 atom stereocenters. The highest BCUT2D eigenvalue weighted by Crippen LogP contribution is 2.08. The summed E-state index contributed by atoms with van der Waals surface area (Å²) in [6.45, 7) is 3.14. The first-order valence-electron chi connectivity index (χ1n) is 5.79. The Hall–Kier alpha value is -1.75. The predicted octanol–water partition coefficient (Wildman–Crippen LogP) is 2.34. The molecule has 0 aliphatic rings. The van der Waals surface area contributed by atoms with Crippen LogP contribution < -0.4 is 5.32 Å². The summed E-state index contributed by atoms with van der Waals surface area (Å²) >= 11 is 0. The van der Waals surface area contributed by atoms with Crippen LogP contribution in [0.25, 0.3) is 0 Å². The van der Waals surface area contributed by atoms with Crippen molar-refractivity contribution in [2.75, 3.05) is 0 Å². The first kappa shape index (κ1) is 12.7. The number of hydrogen-bond acceptors (Lipinski definition) is 2. The Morgan fingerprint density at radius 3 is 2.61 bits per heavy atom. The van der Waals surface area contributed by atoms with Crippen molar-refractivity contribution < 1.29 is 8.78 Å². The highest BCUT2D eigenvalue weighted by molar-refractivity contribution is 5.17. The lowest BCUT2D eigenvalue weighted by atomic mass is 10.2. The van der Waals surface area contributed by atoms with Crippen LogP contribution in [0.2, 0.25) is 0 Å². The first-order valence-corrected chi connectivity index (χ1v) is 5.79. The van der Waals surface area contributed by atoms with Gasteiger partial charge in [-0.2, -0.15) is 5.10 Å². The maximum atomic E-state index is 13.0. The standard InChI is InChI=1S/C13H15F2N3/c1-10(9-18-4-2-3-17-18)16-8-11-5-12(14)7-13(15)6-11/h2-7,10,16H,8-9H2,1H3. The lowest BCUT2D eigenvalue weighted by Crippen LogP contribution is -2.30. The molecule has 0 amide bonds. The summed E-state index contributed by atoms with van der Waals surface area (Å²) < 4.78 is 27.8. The van der Waals surface area contributed by atoms with E-state index >= 15 is 0 Å². The van der Waals surface area contributed by atoms with Crippen LogP contribution in [0.4, 0.5) is 8.78 Å². The number of halogens is 2. The molecule has 1 aromatic heterocycles. The number of benzene rings is 1. The molecule has 96 valence electrons. The Morgan fingerprint density at radius 1 is 1.28 bits per heavy atom. The number of nitrogens with one attached hydrogen (secondary N) is 1. The van der Waals surface area contributed by atoms with E-state index < -0.39 is 11.6 Å². The van der Waals surface area contributed by atoms with E-state index in [2.05, 4.69) is 10.4 Å². The summed E-state index contributed by atoms with van der Waals surface area (Å²) in [5, 5.41) is 7.29. The molecule has 3 nitrogen and oxygen atoms in total. The normalized spacial score (nSPS) is 12.6. The lowest BCUT2D eigenvalue weighted by Gasteiger charge is -2.14. The van der Waals surface area contributed by atoms with Crippen molar-refractivity contribution in [1.82, 2.24) is 15.1 Å². The van der Waals surface area contributed by atoms with E-state index in [1.54, 1.807) is 6.20 Å². The molecule has 1 N–H and O–H groups in total. The number of nitrogens with zero attached hydrogens (tertiary/aromatic N) is 2. The topological polar surface area (TPSA) is 29.9 Å². The average Bonchev–Trinajstić information content (AvgIpc) is 2.78. The van der Waals surface area contributed by atoms with Gasteiger partial charge < -0.3 is 5.32 Å². The molecular weight excluding hydrogens is 236 g/mol. The van der Waals surface area contributed by atoms with Gasteiger partial charge in [0.15, 0.2) is 0 Å². The van der Waals surface area contributed by atoms with Crippen LogP contribution in [0.3, 0.4) is 0 Å². The Labute approximate surface area is 104 Å². The maximum Gasteiger partial charge on any atom is 0.126 e. The second-order valence-corrected chi connectivity index (χ2v) is 4.29. The minimum atomic E-state index is -0.550. The summed E-state index contributed by atoms with van der Waals surface area (Å²) in [6.07, 6.45) is 3.59. The van der Waals surface area contributed by atoms with Gasteiger partial charge in [-0.1, -0.05) is 0 Å². The van der Waals surface area contributed by atoms with Crippen molar-refractivity contribution in [1.29, 1.82) is 0 Å². The second-order valence-electron chi connectivity index (χ2n) is 4.29. The smallest absolute Gasteiger partial charge is 0.126 e. The lowest BCUT2D eigenvalue weighted by molar-refractivity contribution is 0.449. The molecule has 2 aromatic rings. The first-order chi connectivity index (χ1) is 8.63. The zero-order valence-electron chi connectivity index (χ0n) is 10.1. The van der Waals surface area contributed by atoms with Gasteiger partial charge in [-0.05, 0) is 30.7 Å². The summed E-state index contributed by atoms with van der Waals surface area (Å²) in [6, 6.07) is 5.55. The van der Waals surface area contributed by atoms with Crippen LogP contribution in [-0.2, 0) is 13.1 Å². The molecule has 0 aliphatic heterocycles. The molecule has 0 aliphatic carbocycles. The van der Waals surface area contributed by atoms with Crippen LogP contribution in [0.1, 0.15) is 12.5 Å². The highest BCUT2D eigenvalue weighted by Gasteiger charge is 2.05. The number of aromatic nitrogens is 2. The fourth-order valence-electron chi connectivity index (χ4n) is 1.76. The van der Waals surface area contributed by atoms with E-state index in [4.69, 9.17) is 0 Å². The van der Waals surface area contributed by atoms with Gasteiger partial charge in [0.1, 0.15) is 11.6 Å². The van der Waals surface area contributed by atoms with Crippen LogP contribution in [0, 0.1) is 11.6 Å². The maximum absolute atomic E-state index is 13.0. The third-order valence-corrected chi connectivity index (χ3v) is 2.60. The molecule has 1 unspecified atom stereocenters. The summed E-state index contributed by atoms with van der Waals surface area (Å²) in [5.41, 5.74) is 0.597. The Morgan fingerprint density at radius 2 is 2.00 bits per heavy atom. The molecule has 5 heteroatoms. The third-order valence-electron chi connectivity index (χ3n) is 2.60. The Kier molecular flexibility index (Phi) is 4.04. The fraction of sp³-hybridized carbons (Fsp3) is 0.308. The monoisotopic (exact) mass is 251 g/mol. The summed E-state index contributed by atoms with van der Waals surface area (Å²) in [5.74, 6) is -1.10. The van der Waals surface area contributed by atoms with E-state index in [1.165, 1.54) is 12.1 Å². The molecule has 18 heavy (non-hydrogen) atoms. The zero-order chi connectivity index (χ0) is 13.0. The van der Waals surface area contributed by atoms with E-state index in [0.29, 0.717) is 18.7 Å². The van der Waals surface area contributed by atoms with Crippen molar-refractivity contribution in [3.8, 4) is 0 Å². The fourth-order valence-corrected chi connectivity index (χ4v) is 1.76. The van der Waals surface area contributed by atoms with Gasteiger partial charge in [0.2, 0.25) is 0 Å². The van der Waals surface area contributed by atoms with Gasteiger partial charge in [0.05, 0.1) is 6.54 Å². The van der Waals surface area contributed by atoms with Crippen molar-refractivity contribution in [3.63, 3.8) is 0 Å². The molecule has 1 aromatic carbocycles. The van der Waals surface area contributed by atoms with E-state index in [9.17, 15) is 8.78 Å². The molecule has 1 heterocycles. The number of hydrogen-bond donors (Lipinski definition) is 1. The quantitative estimate of drug-likeness (QED) is 0.884. The average molecular weight is 251 g/mol. The molecule has 0 radical (unpaired) electrons. The predicted molar refractivity (Wildman–Crippen MR) is 64.9 cm³/mol. The molecule has 0 spiro atoms. The van der Waals surface area contributed by atoms with Gasteiger partial charge in [-0.3, -0.25) is 4.68 Å². The number of rotatable bonds is 5. The van der Waals surface area contributed by atoms with Gasteiger partial charge in [0.25, 0.3) is 0 Å². The van der Waals surface area contributed by atoms with Crippen molar-refractivity contribution >= 4 is 0 Å². The van der Waals surface area contributed by atoms with E-state index in [1.807, 2.05) is 23.9 Å². The van der Waals surface area contributed by atoms with Crippen molar-refractivity contribution in [2.45, 2.75) is 26.1 Å². The van der Waals surface area contributed by atoms with Crippen molar-refractivity contribution in [2.24, 2.45) is 0 Å². The van der Waals surface area contributed by atoms with E-state index in [0.717, 1.165) is 6.07 Å². The third kappa shape index (κ3) is 3.63. The summed E-state index contributed by atoms with van der Waals surface area (Å²) in [7, 11) is 0. The minimum absolute atomic E-state index is 0.163. The molecule has 0 saturated carbocycles. The van der Waals surface area contributed by atoms with Gasteiger partial charge >= 0.3 is 0 Å². The Bertz CT molecular complexity index is 477. The van der Waals surface area contributed by atoms with Gasteiger partial charge in [-0.25, -0.2) is 8.78 Å². The van der Waals surface area contributed by atoms with Crippen LogP contribution in [0.5, 0.6) is 0 Å². The molecule has 0 fully saturated rings. The highest BCUT2D eigenvalue weighted by atomic mass is 19.1. The molecule has 2 rings (SSSR count). The molecule has 0 bridgehead atoms. The molecular formula is C13H15F2N3. The minimum Gasteiger partial charge on any atom is -0.308 e. The van der Waals surface area contributed by atoms with Crippen LogP contribution in [-0.4, -0.2) is 15.8 Å². The van der Waals surface area contributed by atoms with Crippen LogP contribution in [0.15, 0.2) is 36.7 Å². The summed E-state index contributed by atoms with van der Waals surface area (Å²) in [4.78, 5) is 0. The molecule has 0 saturated heterocycles. The van der Waals surface area contributed by atoms with Gasteiger partial charge in [0, 0.05) is 31.0 Å². The van der Waals surface area contributed by atoms with E-state index in [-0.39, 0.29) is 6.04 Å².